The van der Waals surface area contributed by atoms with Crippen molar-refractivity contribution in [2.24, 2.45) is 0 Å². The van der Waals surface area contributed by atoms with Gasteiger partial charge in [0.2, 0.25) is 0 Å². The van der Waals surface area contributed by atoms with Crippen LogP contribution in [0.3, 0.4) is 0 Å². The summed E-state index contributed by atoms with van der Waals surface area (Å²) in [5.41, 5.74) is 2.57. The zero-order valence-electron chi connectivity index (χ0n) is 12.8. The Labute approximate surface area is 123 Å². The fourth-order valence-corrected chi connectivity index (χ4v) is 2.66. The van der Waals surface area contributed by atoms with Crippen molar-refractivity contribution >= 4 is 17.0 Å². The minimum atomic E-state index is -0.259. The lowest BCUT2D eigenvalue weighted by Gasteiger charge is -2.17. The molecule has 1 N–H and O–H groups in total. The molecular formula is C16H22N2O3. The quantitative estimate of drug-likeness (QED) is 0.832. The second-order valence-electron chi connectivity index (χ2n) is 5.27. The highest BCUT2D eigenvalue weighted by atomic mass is 16.5. The first-order valence-electron chi connectivity index (χ1n) is 7.43. The Morgan fingerprint density at radius 1 is 1.38 bits per heavy atom. The Morgan fingerprint density at radius 3 is 2.81 bits per heavy atom. The number of carbonyl (C=O) groups is 1. The third-order valence-corrected chi connectivity index (χ3v) is 3.57. The summed E-state index contributed by atoms with van der Waals surface area (Å²) < 4.78 is 6.73. The average Bonchev–Trinajstić information content (AvgIpc) is 2.74. The molecule has 1 aromatic carbocycles. The summed E-state index contributed by atoms with van der Waals surface area (Å²) in [5.74, 6) is -0.259. The molecule has 0 saturated carbocycles. The Bertz CT molecular complexity index is 684. The molecule has 0 amide bonds. The number of aromatic amines is 1. The Kier molecular flexibility index (Phi) is 4.83. The Hall–Kier alpha value is -2.04. The van der Waals surface area contributed by atoms with E-state index in [4.69, 9.17) is 4.74 Å². The fourth-order valence-electron chi connectivity index (χ4n) is 2.66. The van der Waals surface area contributed by atoms with Crippen molar-refractivity contribution in [2.45, 2.75) is 46.1 Å². The number of fused-ring (bicyclic) bond motifs is 1. The van der Waals surface area contributed by atoms with Gasteiger partial charge in [0, 0.05) is 6.04 Å². The number of aromatic nitrogens is 2. The number of esters is 1. The van der Waals surface area contributed by atoms with Gasteiger partial charge in [0.25, 0.3) is 0 Å². The van der Waals surface area contributed by atoms with Gasteiger partial charge in [-0.15, -0.1) is 0 Å². The number of hydrogen-bond donors (Lipinski definition) is 1. The maximum absolute atomic E-state index is 12.3. The maximum Gasteiger partial charge on any atom is 0.326 e. The minimum absolute atomic E-state index is 0.168. The molecule has 2 aromatic rings. The average molecular weight is 290 g/mol. The van der Waals surface area contributed by atoms with E-state index < -0.39 is 0 Å². The number of rotatable bonds is 6. The lowest BCUT2D eigenvalue weighted by molar-refractivity contribution is -0.144. The van der Waals surface area contributed by atoms with Gasteiger partial charge in [-0.3, -0.25) is 9.36 Å². The molecule has 1 unspecified atom stereocenters. The molecule has 0 aliphatic rings. The third kappa shape index (κ3) is 3.35. The molecule has 0 spiro atoms. The molecule has 0 bridgehead atoms. The van der Waals surface area contributed by atoms with Gasteiger partial charge < -0.3 is 9.72 Å². The topological polar surface area (TPSA) is 64.1 Å². The molecule has 0 aliphatic heterocycles. The fraction of sp³-hybridized carbons (Fsp3) is 0.500. The minimum Gasteiger partial charge on any atom is -0.466 e. The monoisotopic (exact) mass is 290 g/mol. The van der Waals surface area contributed by atoms with Crippen molar-refractivity contribution in [2.75, 3.05) is 6.61 Å². The van der Waals surface area contributed by atoms with E-state index in [2.05, 4.69) is 4.98 Å². The van der Waals surface area contributed by atoms with Gasteiger partial charge in [0.05, 0.1) is 24.1 Å². The van der Waals surface area contributed by atoms with E-state index in [1.54, 1.807) is 11.5 Å². The largest absolute Gasteiger partial charge is 0.466 e. The maximum atomic E-state index is 12.3. The smallest absolute Gasteiger partial charge is 0.326 e. The van der Waals surface area contributed by atoms with Crippen LogP contribution in [-0.4, -0.2) is 22.1 Å². The Morgan fingerprint density at radius 2 is 2.14 bits per heavy atom. The highest BCUT2D eigenvalue weighted by molar-refractivity contribution is 5.77. The van der Waals surface area contributed by atoms with E-state index >= 15 is 0 Å². The molecule has 1 heterocycles. The predicted molar refractivity (Wildman–Crippen MR) is 82.5 cm³/mol. The molecule has 1 atom stereocenters. The number of nitrogens with one attached hydrogen (secondary N) is 1. The molecule has 2 rings (SSSR count). The molecular weight excluding hydrogens is 268 g/mol. The van der Waals surface area contributed by atoms with Crippen LogP contribution in [-0.2, 0) is 9.53 Å². The summed E-state index contributed by atoms with van der Waals surface area (Å²) in [6.07, 6.45) is 1.89. The number of carbonyl (C=O) groups excluding carboxylic acids is 1. The highest BCUT2D eigenvalue weighted by Gasteiger charge is 2.20. The summed E-state index contributed by atoms with van der Waals surface area (Å²) in [6.45, 7) is 6.18. The summed E-state index contributed by atoms with van der Waals surface area (Å²) in [6, 6.07) is 5.66. The number of aryl methyl sites for hydroxylation is 1. The van der Waals surface area contributed by atoms with Crippen LogP contribution < -0.4 is 5.69 Å². The van der Waals surface area contributed by atoms with Crippen LogP contribution in [0.4, 0.5) is 0 Å². The first kappa shape index (κ1) is 15.4. The van der Waals surface area contributed by atoms with E-state index in [0.29, 0.717) is 6.61 Å². The van der Waals surface area contributed by atoms with Crippen molar-refractivity contribution in [3.8, 4) is 0 Å². The number of nitrogens with zero attached hydrogens (tertiary/aromatic N) is 1. The van der Waals surface area contributed by atoms with Crippen LogP contribution in [0, 0.1) is 6.92 Å². The second kappa shape index (κ2) is 6.61. The SMILES string of the molecule is CCCC(CC(=O)OCC)n1c(=O)[nH]c2ccc(C)cc21. The van der Waals surface area contributed by atoms with Gasteiger partial charge in [-0.2, -0.15) is 0 Å². The van der Waals surface area contributed by atoms with Crippen LogP contribution in [0.25, 0.3) is 11.0 Å². The van der Waals surface area contributed by atoms with Gasteiger partial charge in [-0.1, -0.05) is 19.4 Å². The molecule has 0 fully saturated rings. The molecule has 5 nitrogen and oxygen atoms in total. The second-order valence-corrected chi connectivity index (χ2v) is 5.27. The summed E-state index contributed by atoms with van der Waals surface area (Å²) in [5, 5.41) is 0. The lowest BCUT2D eigenvalue weighted by atomic mass is 10.1. The molecule has 1 aromatic heterocycles. The zero-order chi connectivity index (χ0) is 15.4. The molecule has 0 saturated heterocycles. The van der Waals surface area contributed by atoms with Crippen LogP contribution >= 0.6 is 0 Å². The van der Waals surface area contributed by atoms with Crippen LogP contribution in [0.1, 0.15) is 44.7 Å². The van der Waals surface area contributed by atoms with Gasteiger partial charge in [-0.25, -0.2) is 4.79 Å². The molecule has 0 radical (unpaired) electrons. The third-order valence-electron chi connectivity index (χ3n) is 3.57. The Balaban J connectivity index is 2.44. The number of benzene rings is 1. The van der Waals surface area contributed by atoms with Crippen LogP contribution in [0.2, 0.25) is 0 Å². The van der Waals surface area contributed by atoms with Crippen molar-refractivity contribution < 1.29 is 9.53 Å². The first-order chi connectivity index (χ1) is 10.1. The number of hydrogen-bond acceptors (Lipinski definition) is 3. The van der Waals surface area contributed by atoms with Crippen molar-refractivity contribution in [1.29, 1.82) is 0 Å². The van der Waals surface area contributed by atoms with Crippen LogP contribution in [0.5, 0.6) is 0 Å². The van der Waals surface area contributed by atoms with Crippen molar-refractivity contribution in [3.63, 3.8) is 0 Å². The van der Waals surface area contributed by atoms with E-state index in [1.807, 2.05) is 32.0 Å². The van der Waals surface area contributed by atoms with E-state index in [1.165, 1.54) is 0 Å². The van der Waals surface area contributed by atoms with Crippen LogP contribution in [0.15, 0.2) is 23.0 Å². The van der Waals surface area contributed by atoms with Gasteiger partial charge in [0.15, 0.2) is 0 Å². The predicted octanol–water partition coefficient (Wildman–Crippen LogP) is 2.93. The van der Waals surface area contributed by atoms with Gasteiger partial charge in [-0.05, 0) is 38.0 Å². The highest BCUT2D eigenvalue weighted by Crippen LogP contribution is 2.23. The van der Waals surface area contributed by atoms with E-state index in [9.17, 15) is 9.59 Å². The van der Waals surface area contributed by atoms with Gasteiger partial charge >= 0.3 is 11.7 Å². The lowest BCUT2D eigenvalue weighted by Crippen LogP contribution is -2.25. The van der Waals surface area contributed by atoms with E-state index in [-0.39, 0.29) is 24.1 Å². The standard InChI is InChI=1S/C16H22N2O3/c1-4-6-12(10-15(19)21-5-2)18-14-9-11(3)7-8-13(14)17-16(18)20/h7-9,12H,4-6,10H2,1-3H3,(H,17,20). The van der Waals surface area contributed by atoms with Gasteiger partial charge in [0.1, 0.15) is 0 Å². The number of ether oxygens (including phenoxy) is 1. The normalized spacial score (nSPS) is 12.5. The zero-order valence-corrected chi connectivity index (χ0v) is 12.8. The molecule has 114 valence electrons. The van der Waals surface area contributed by atoms with Crippen molar-refractivity contribution in [3.05, 3.63) is 34.2 Å². The molecule has 5 heteroatoms. The summed E-state index contributed by atoms with van der Waals surface area (Å²) >= 11 is 0. The van der Waals surface area contributed by atoms with Crippen molar-refractivity contribution in [1.82, 2.24) is 9.55 Å². The summed E-state index contributed by atoms with van der Waals surface area (Å²) in [7, 11) is 0. The number of imidazole rings is 1. The molecule has 21 heavy (non-hydrogen) atoms. The number of H-pyrrole nitrogens is 1. The first-order valence-corrected chi connectivity index (χ1v) is 7.43. The molecule has 0 aliphatic carbocycles. The summed E-state index contributed by atoms with van der Waals surface area (Å²) in [4.78, 5) is 26.9. The van der Waals surface area contributed by atoms with E-state index in [0.717, 1.165) is 29.4 Å².